The summed E-state index contributed by atoms with van der Waals surface area (Å²) in [4.78, 5) is 6.28. The number of aliphatic imine (C=N–C) groups is 1. The smallest absolute Gasteiger partial charge is 0.196 e. The average molecular weight is 255 g/mol. The lowest BCUT2D eigenvalue weighted by Crippen LogP contribution is -2.36. The van der Waals surface area contributed by atoms with Crippen molar-refractivity contribution in [2.24, 2.45) is 10.7 Å². The van der Waals surface area contributed by atoms with Crippen LogP contribution in [0.4, 0.5) is 10.1 Å². The highest BCUT2D eigenvalue weighted by atomic mass is 19.1. The third-order valence-corrected chi connectivity index (χ3v) is 3.27. The van der Waals surface area contributed by atoms with E-state index in [1.54, 1.807) is 12.1 Å². The molecule has 1 aliphatic rings. The molecule has 1 unspecified atom stereocenters. The van der Waals surface area contributed by atoms with Crippen molar-refractivity contribution in [3.63, 3.8) is 0 Å². The summed E-state index contributed by atoms with van der Waals surface area (Å²) in [5.41, 5.74) is 7.98. The summed E-state index contributed by atoms with van der Waals surface area (Å²) in [7, 11) is 0. The van der Waals surface area contributed by atoms with Crippen LogP contribution in [0.25, 0.3) is 0 Å². The molecule has 96 valence electrons. The van der Waals surface area contributed by atoms with Crippen LogP contribution >= 0.6 is 0 Å². The second-order valence-corrected chi connectivity index (χ2v) is 4.47. The second kappa shape index (κ2) is 4.72. The van der Waals surface area contributed by atoms with Crippen LogP contribution in [0.1, 0.15) is 11.6 Å². The molecular weight excluding hydrogens is 241 g/mol. The van der Waals surface area contributed by atoms with E-state index < -0.39 is 0 Å². The second-order valence-electron chi connectivity index (χ2n) is 4.47. The zero-order valence-electron chi connectivity index (χ0n) is 10.3. The lowest BCUT2D eigenvalue weighted by molar-refractivity contribution is 0.625. The first-order valence-electron chi connectivity index (χ1n) is 6.15. The predicted molar refractivity (Wildman–Crippen MR) is 74.6 cm³/mol. The van der Waals surface area contributed by atoms with E-state index in [1.807, 2.05) is 35.2 Å². The zero-order chi connectivity index (χ0) is 13.2. The molecule has 3 nitrogen and oxygen atoms in total. The van der Waals surface area contributed by atoms with Gasteiger partial charge in [-0.15, -0.1) is 0 Å². The molecule has 0 bridgehead atoms. The summed E-state index contributed by atoms with van der Waals surface area (Å²) in [6.07, 6.45) is 0. The average Bonchev–Trinajstić information content (AvgIpc) is 2.82. The third-order valence-electron chi connectivity index (χ3n) is 3.27. The molecular formula is C15H14FN3. The van der Waals surface area contributed by atoms with Gasteiger partial charge in [0, 0.05) is 5.69 Å². The van der Waals surface area contributed by atoms with Gasteiger partial charge in [0.1, 0.15) is 5.82 Å². The van der Waals surface area contributed by atoms with Crippen molar-refractivity contribution >= 4 is 11.6 Å². The Bertz CT molecular complexity index is 593. The number of benzene rings is 2. The number of hydrogen-bond donors (Lipinski definition) is 1. The van der Waals surface area contributed by atoms with E-state index in [2.05, 4.69) is 4.99 Å². The lowest BCUT2D eigenvalue weighted by atomic mass is 10.1. The highest BCUT2D eigenvalue weighted by molar-refractivity contribution is 5.97. The van der Waals surface area contributed by atoms with Crippen LogP contribution in [-0.4, -0.2) is 12.5 Å². The molecule has 0 aromatic heterocycles. The van der Waals surface area contributed by atoms with Crippen LogP contribution < -0.4 is 10.6 Å². The molecule has 2 aromatic carbocycles. The first-order valence-corrected chi connectivity index (χ1v) is 6.15. The quantitative estimate of drug-likeness (QED) is 0.896. The van der Waals surface area contributed by atoms with E-state index in [4.69, 9.17) is 5.73 Å². The molecule has 4 heteroatoms. The summed E-state index contributed by atoms with van der Waals surface area (Å²) in [5, 5.41) is 0. The van der Waals surface area contributed by atoms with E-state index in [0.29, 0.717) is 12.5 Å². The minimum Gasteiger partial charge on any atom is -0.369 e. The van der Waals surface area contributed by atoms with Gasteiger partial charge in [-0.05, 0) is 29.8 Å². The topological polar surface area (TPSA) is 41.6 Å². The molecule has 1 aliphatic heterocycles. The predicted octanol–water partition coefficient (Wildman–Crippen LogP) is 2.70. The van der Waals surface area contributed by atoms with Gasteiger partial charge in [-0.3, -0.25) is 4.99 Å². The Balaban J connectivity index is 1.96. The standard InChI is InChI=1S/C15H14FN3/c16-12-8-6-11(7-9-12)14-10-18-15(17)19(14)13-4-2-1-3-5-13/h1-9,14H,10H2,(H2,17,18). The van der Waals surface area contributed by atoms with Crippen LogP contribution in [0.2, 0.25) is 0 Å². The Labute approximate surface area is 111 Å². The van der Waals surface area contributed by atoms with Crippen molar-refractivity contribution in [1.82, 2.24) is 0 Å². The van der Waals surface area contributed by atoms with Gasteiger partial charge in [-0.25, -0.2) is 4.39 Å². The van der Waals surface area contributed by atoms with Crippen LogP contribution in [0, 0.1) is 5.82 Å². The van der Waals surface area contributed by atoms with Crippen molar-refractivity contribution in [2.75, 3.05) is 11.4 Å². The number of guanidine groups is 1. The van der Waals surface area contributed by atoms with E-state index in [1.165, 1.54) is 12.1 Å². The van der Waals surface area contributed by atoms with Gasteiger partial charge < -0.3 is 10.6 Å². The Hall–Kier alpha value is -2.36. The molecule has 0 fully saturated rings. The van der Waals surface area contributed by atoms with Gasteiger partial charge in [0.2, 0.25) is 0 Å². The summed E-state index contributed by atoms with van der Waals surface area (Å²) >= 11 is 0. The lowest BCUT2D eigenvalue weighted by Gasteiger charge is -2.26. The molecule has 1 heterocycles. The Kier molecular flexibility index (Phi) is 2.91. The molecule has 3 rings (SSSR count). The van der Waals surface area contributed by atoms with Gasteiger partial charge in [0.15, 0.2) is 5.96 Å². The molecule has 0 spiro atoms. The monoisotopic (exact) mass is 255 g/mol. The number of hydrogen-bond acceptors (Lipinski definition) is 3. The van der Waals surface area contributed by atoms with Crippen molar-refractivity contribution in [3.8, 4) is 0 Å². The van der Waals surface area contributed by atoms with Gasteiger partial charge in [-0.1, -0.05) is 30.3 Å². The summed E-state index contributed by atoms with van der Waals surface area (Å²) in [5.74, 6) is 0.266. The van der Waals surface area contributed by atoms with Gasteiger partial charge in [0.25, 0.3) is 0 Å². The fourth-order valence-electron chi connectivity index (χ4n) is 2.34. The minimum atomic E-state index is -0.234. The number of nitrogens with zero attached hydrogens (tertiary/aromatic N) is 2. The Morgan fingerprint density at radius 3 is 2.42 bits per heavy atom. The molecule has 0 amide bonds. The minimum absolute atomic E-state index is 0.0306. The van der Waals surface area contributed by atoms with Crippen molar-refractivity contribution in [1.29, 1.82) is 0 Å². The molecule has 2 N–H and O–H groups in total. The highest BCUT2D eigenvalue weighted by Crippen LogP contribution is 2.30. The highest BCUT2D eigenvalue weighted by Gasteiger charge is 2.28. The van der Waals surface area contributed by atoms with Gasteiger partial charge in [0.05, 0.1) is 12.6 Å². The van der Waals surface area contributed by atoms with E-state index in [0.717, 1.165) is 11.3 Å². The molecule has 19 heavy (non-hydrogen) atoms. The van der Waals surface area contributed by atoms with Crippen molar-refractivity contribution < 1.29 is 4.39 Å². The van der Waals surface area contributed by atoms with Crippen molar-refractivity contribution in [3.05, 3.63) is 66.0 Å². The molecule has 1 atom stereocenters. The number of rotatable bonds is 2. The Morgan fingerprint density at radius 1 is 1.05 bits per heavy atom. The maximum atomic E-state index is 13.0. The summed E-state index contributed by atoms with van der Waals surface area (Å²) in [6, 6.07) is 16.4. The van der Waals surface area contributed by atoms with Crippen LogP contribution in [-0.2, 0) is 0 Å². The summed E-state index contributed by atoms with van der Waals surface area (Å²) < 4.78 is 13.0. The SMILES string of the molecule is NC1=NCC(c2ccc(F)cc2)N1c1ccccc1. The molecule has 0 saturated heterocycles. The fourth-order valence-corrected chi connectivity index (χ4v) is 2.34. The maximum Gasteiger partial charge on any atom is 0.196 e. The fraction of sp³-hybridized carbons (Fsp3) is 0.133. The third kappa shape index (κ3) is 2.17. The van der Waals surface area contributed by atoms with Crippen LogP contribution in [0.5, 0.6) is 0 Å². The van der Waals surface area contributed by atoms with Gasteiger partial charge >= 0.3 is 0 Å². The number of para-hydroxylation sites is 1. The number of anilines is 1. The van der Waals surface area contributed by atoms with E-state index >= 15 is 0 Å². The largest absolute Gasteiger partial charge is 0.369 e. The normalized spacial score (nSPS) is 18.5. The zero-order valence-corrected chi connectivity index (χ0v) is 10.3. The number of halogens is 1. The maximum absolute atomic E-state index is 13.0. The molecule has 0 radical (unpaired) electrons. The van der Waals surface area contributed by atoms with Crippen LogP contribution in [0.3, 0.4) is 0 Å². The summed E-state index contributed by atoms with van der Waals surface area (Å²) in [6.45, 7) is 0.590. The van der Waals surface area contributed by atoms with Gasteiger partial charge in [-0.2, -0.15) is 0 Å². The van der Waals surface area contributed by atoms with Crippen molar-refractivity contribution in [2.45, 2.75) is 6.04 Å². The van der Waals surface area contributed by atoms with E-state index in [-0.39, 0.29) is 11.9 Å². The molecule has 0 aliphatic carbocycles. The molecule has 2 aromatic rings. The molecule has 0 saturated carbocycles. The number of nitrogens with two attached hydrogens (primary N) is 1. The van der Waals surface area contributed by atoms with Crippen LogP contribution in [0.15, 0.2) is 59.6 Å². The first-order chi connectivity index (χ1) is 9.25. The first kappa shape index (κ1) is 11.7. The Morgan fingerprint density at radius 2 is 1.74 bits per heavy atom. The van der Waals surface area contributed by atoms with E-state index in [9.17, 15) is 4.39 Å².